The van der Waals surface area contributed by atoms with Gasteiger partial charge in [0.15, 0.2) is 12.1 Å². The van der Waals surface area contributed by atoms with E-state index in [9.17, 15) is 9.59 Å². The average molecular weight is 305 g/mol. The van der Waals surface area contributed by atoms with Crippen LogP contribution in [0.1, 0.15) is 29.1 Å². The van der Waals surface area contributed by atoms with Crippen molar-refractivity contribution in [3.8, 4) is 0 Å². The van der Waals surface area contributed by atoms with E-state index in [-0.39, 0.29) is 11.8 Å². The Labute approximate surface area is 128 Å². The van der Waals surface area contributed by atoms with Gasteiger partial charge in [0.25, 0.3) is 11.8 Å². The van der Waals surface area contributed by atoms with Crippen LogP contribution in [-0.4, -0.2) is 65.3 Å². The van der Waals surface area contributed by atoms with Crippen LogP contribution >= 0.6 is 0 Å². The second-order valence-electron chi connectivity index (χ2n) is 5.86. The maximum atomic E-state index is 12.4. The van der Waals surface area contributed by atoms with E-state index in [1.807, 2.05) is 14.1 Å². The van der Waals surface area contributed by atoms with E-state index in [0.717, 1.165) is 0 Å². The topological polar surface area (TPSA) is 91.0 Å². The number of oxazole rings is 1. The number of piperidine rings is 1. The van der Waals surface area contributed by atoms with Gasteiger partial charge in [-0.05, 0) is 19.8 Å². The van der Waals surface area contributed by atoms with Gasteiger partial charge in [-0.1, -0.05) is 0 Å². The van der Waals surface area contributed by atoms with E-state index < -0.39 is 5.54 Å². The molecule has 0 saturated carbocycles. The molecule has 1 aromatic heterocycles. The van der Waals surface area contributed by atoms with Gasteiger partial charge in [0.1, 0.15) is 11.3 Å². The lowest BCUT2D eigenvalue weighted by molar-refractivity contribution is -0.125. The largest absolute Gasteiger partial charge is 0.448 e. The molecule has 0 bridgehead atoms. The fourth-order valence-corrected chi connectivity index (χ4v) is 2.79. The van der Waals surface area contributed by atoms with E-state index in [0.29, 0.717) is 43.3 Å². The molecule has 2 aliphatic heterocycles. The monoisotopic (exact) mass is 305 g/mol. The summed E-state index contributed by atoms with van der Waals surface area (Å²) < 4.78 is 5.08. The van der Waals surface area contributed by atoms with Crippen LogP contribution in [0.15, 0.2) is 15.8 Å². The van der Waals surface area contributed by atoms with Crippen molar-refractivity contribution in [3.63, 3.8) is 0 Å². The molecule has 1 spiro atoms. The van der Waals surface area contributed by atoms with Crippen molar-refractivity contribution in [3.05, 3.63) is 17.8 Å². The molecule has 118 valence electrons. The van der Waals surface area contributed by atoms with Crippen LogP contribution in [0.25, 0.3) is 0 Å². The maximum absolute atomic E-state index is 12.4. The zero-order valence-corrected chi connectivity index (χ0v) is 12.9. The number of hydrogen-bond donors (Lipinski definition) is 1. The Morgan fingerprint density at radius 1 is 1.41 bits per heavy atom. The Kier molecular flexibility index (Phi) is 3.38. The van der Waals surface area contributed by atoms with E-state index in [1.54, 1.807) is 16.7 Å². The minimum absolute atomic E-state index is 0.0825. The molecule has 8 nitrogen and oxygen atoms in total. The molecule has 8 heteroatoms. The van der Waals surface area contributed by atoms with Gasteiger partial charge in [-0.2, -0.15) is 0 Å². The minimum atomic E-state index is -0.741. The highest BCUT2D eigenvalue weighted by Crippen LogP contribution is 2.30. The van der Waals surface area contributed by atoms with Crippen LogP contribution in [0.4, 0.5) is 0 Å². The lowest BCUT2D eigenvalue weighted by Gasteiger charge is -2.35. The van der Waals surface area contributed by atoms with Crippen molar-refractivity contribution in [1.29, 1.82) is 0 Å². The third-order valence-corrected chi connectivity index (χ3v) is 4.22. The molecular formula is C14H19N5O3. The van der Waals surface area contributed by atoms with Gasteiger partial charge < -0.3 is 14.2 Å². The second kappa shape index (κ2) is 5.11. The van der Waals surface area contributed by atoms with Gasteiger partial charge in [-0.15, -0.1) is 0 Å². The molecule has 0 unspecified atom stereocenters. The summed E-state index contributed by atoms with van der Waals surface area (Å²) >= 11 is 0. The van der Waals surface area contributed by atoms with Crippen molar-refractivity contribution >= 4 is 17.8 Å². The quantitative estimate of drug-likeness (QED) is 0.789. The summed E-state index contributed by atoms with van der Waals surface area (Å²) in [5, 5.41) is 2.80. The summed E-state index contributed by atoms with van der Waals surface area (Å²) in [6, 6.07) is 0. The highest BCUT2D eigenvalue weighted by Gasteiger charge is 2.47. The van der Waals surface area contributed by atoms with Crippen LogP contribution in [0.3, 0.4) is 0 Å². The Balaban J connectivity index is 1.72. The van der Waals surface area contributed by atoms with Crippen molar-refractivity contribution in [2.75, 3.05) is 27.2 Å². The fourth-order valence-electron chi connectivity index (χ4n) is 2.79. The van der Waals surface area contributed by atoms with Gasteiger partial charge in [0.05, 0.1) is 0 Å². The SMILES string of the molecule is Cc1ocnc1C(=O)N1CCC2(CC1)N=C(N(C)C)NC2=O. The number of carbonyl (C=O) groups excluding carboxylic acids is 2. The molecule has 1 N–H and O–H groups in total. The molecule has 3 rings (SSSR count). The predicted octanol–water partition coefficient (Wildman–Crippen LogP) is 0.00522. The van der Waals surface area contributed by atoms with Gasteiger partial charge in [0.2, 0.25) is 5.96 Å². The van der Waals surface area contributed by atoms with Gasteiger partial charge in [0, 0.05) is 27.2 Å². The molecule has 0 atom stereocenters. The Hall–Kier alpha value is -2.38. The van der Waals surface area contributed by atoms with Crippen LogP contribution in [0.5, 0.6) is 0 Å². The fraction of sp³-hybridized carbons (Fsp3) is 0.571. The zero-order valence-electron chi connectivity index (χ0n) is 12.9. The standard InChI is InChI=1S/C14H19N5O3/c1-9-10(15-8-22-9)11(20)19-6-4-14(5-7-19)12(21)16-13(17-14)18(2)3/h8H,4-7H2,1-3H3,(H,16,17,21). The molecular weight excluding hydrogens is 286 g/mol. The normalized spacial score (nSPS) is 20.0. The smallest absolute Gasteiger partial charge is 0.276 e. The third kappa shape index (κ3) is 2.24. The predicted molar refractivity (Wildman–Crippen MR) is 78.4 cm³/mol. The number of hydrogen-bond acceptors (Lipinski definition) is 6. The molecule has 0 aliphatic carbocycles. The molecule has 0 radical (unpaired) electrons. The number of likely N-dealkylation sites (tertiary alicyclic amines) is 1. The van der Waals surface area contributed by atoms with E-state index >= 15 is 0 Å². The zero-order chi connectivity index (χ0) is 15.9. The van der Waals surface area contributed by atoms with Crippen LogP contribution in [0.2, 0.25) is 0 Å². The summed E-state index contributed by atoms with van der Waals surface area (Å²) in [6.45, 7) is 2.66. The van der Waals surface area contributed by atoms with Gasteiger partial charge >= 0.3 is 0 Å². The molecule has 1 fully saturated rings. The first-order valence-electron chi connectivity index (χ1n) is 7.21. The minimum Gasteiger partial charge on any atom is -0.448 e. The van der Waals surface area contributed by atoms with Crippen molar-refractivity contribution in [2.45, 2.75) is 25.3 Å². The summed E-state index contributed by atoms with van der Waals surface area (Å²) in [4.78, 5) is 36.6. The molecule has 22 heavy (non-hydrogen) atoms. The number of amides is 2. The highest BCUT2D eigenvalue weighted by atomic mass is 16.3. The second-order valence-corrected chi connectivity index (χ2v) is 5.86. The first-order chi connectivity index (χ1) is 10.4. The van der Waals surface area contributed by atoms with E-state index in [1.165, 1.54) is 6.39 Å². The summed E-state index contributed by atoms with van der Waals surface area (Å²) in [5.74, 6) is 0.853. The molecule has 2 aliphatic rings. The number of aromatic nitrogens is 1. The van der Waals surface area contributed by atoms with Crippen LogP contribution in [-0.2, 0) is 4.79 Å². The van der Waals surface area contributed by atoms with Crippen molar-refractivity contribution in [2.24, 2.45) is 4.99 Å². The van der Waals surface area contributed by atoms with Gasteiger partial charge in [-0.25, -0.2) is 9.98 Å². The molecule has 3 heterocycles. The highest BCUT2D eigenvalue weighted by molar-refractivity contribution is 6.07. The first kappa shape index (κ1) is 14.6. The number of guanidine groups is 1. The van der Waals surface area contributed by atoms with E-state index in [2.05, 4.69) is 15.3 Å². The molecule has 1 saturated heterocycles. The number of carbonyl (C=O) groups is 2. The first-order valence-corrected chi connectivity index (χ1v) is 7.21. The molecule has 1 aromatic rings. The summed E-state index contributed by atoms with van der Waals surface area (Å²) in [6.07, 6.45) is 2.30. The Morgan fingerprint density at radius 3 is 2.59 bits per heavy atom. The van der Waals surface area contributed by atoms with Crippen LogP contribution in [0, 0.1) is 6.92 Å². The lowest BCUT2D eigenvalue weighted by Crippen LogP contribution is -2.50. The Bertz CT molecular complexity index is 641. The van der Waals surface area contributed by atoms with Crippen molar-refractivity contribution in [1.82, 2.24) is 20.1 Å². The van der Waals surface area contributed by atoms with Gasteiger partial charge in [-0.3, -0.25) is 14.9 Å². The van der Waals surface area contributed by atoms with E-state index in [4.69, 9.17) is 4.42 Å². The number of aliphatic imine (C=N–C) groups is 1. The third-order valence-electron chi connectivity index (χ3n) is 4.22. The van der Waals surface area contributed by atoms with Crippen LogP contribution < -0.4 is 5.32 Å². The number of rotatable bonds is 1. The average Bonchev–Trinajstić information content (AvgIpc) is 3.04. The number of aryl methyl sites for hydroxylation is 1. The molecule has 0 aromatic carbocycles. The Morgan fingerprint density at radius 2 is 2.09 bits per heavy atom. The van der Waals surface area contributed by atoms with Crippen molar-refractivity contribution < 1.29 is 14.0 Å². The lowest BCUT2D eigenvalue weighted by atomic mass is 9.88. The maximum Gasteiger partial charge on any atom is 0.276 e. The summed E-state index contributed by atoms with van der Waals surface area (Å²) in [5.41, 5.74) is -0.404. The molecule has 2 amide bonds. The number of nitrogens with one attached hydrogen (secondary N) is 1. The summed E-state index contributed by atoms with van der Waals surface area (Å²) in [7, 11) is 3.67. The number of nitrogens with zero attached hydrogens (tertiary/aromatic N) is 4.